The van der Waals surface area contributed by atoms with Gasteiger partial charge in [0.15, 0.2) is 11.6 Å². The van der Waals surface area contributed by atoms with Crippen LogP contribution in [0.1, 0.15) is 25.3 Å². The summed E-state index contributed by atoms with van der Waals surface area (Å²) in [5.41, 5.74) is 0.606. The van der Waals surface area contributed by atoms with Crippen molar-refractivity contribution >= 4 is 6.03 Å². The average Bonchev–Trinajstić information content (AvgIpc) is 2.39. The van der Waals surface area contributed by atoms with Gasteiger partial charge in [-0.25, -0.2) is 13.6 Å². The molecule has 0 aliphatic heterocycles. The van der Waals surface area contributed by atoms with Gasteiger partial charge in [0.05, 0.1) is 12.6 Å². The molecular weight excluding hydrogens is 254 g/mol. The van der Waals surface area contributed by atoms with Gasteiger partial charge in [0.2, 0.25) is 0 Å². The van der Waals surface area contributed by atoms with Crippen molar-refractivity contribution in [2.45, 2.75) is 25.8 Å². The number of rotatable bonds is 5. The monoisotopic (exact) mass is 272 g/mol. The molecule has 4 nitrogen and oxygen atoms in total. The first-order chi connectivity index (χ1) is 8.93. The first kappa shape index (κ1) is 15.4. The maximum Gasteiger partial charge on any atom is 0.315 e. The van der Waals surface area contributed by atoms with Crippen LogP contribution in [-0.4, -0.2) is 30.3 Å². The Morgan fingerprint density at radius 3 is 2.58 bits per heavy atom. The van der Waals surface area contributed by atoms with E-state index in [1.54, 1.807) is 13.8 Å². The van der Waals surface area contributed by atoms with E-state index in [1.807, 2.05) is 0 Å². The van der Waals surface area contributed by atoms with Gasteiger partial charge in [-0.15, -0.1) is 0 Å². The smallest absolute Gasteiger partial charge is 0.315 e. The number of halogens is 2. The Balaban J connectivity index is 2.48. The number of aliphatic hydroxyl groups excluding tert-OH is 1. The summed E-state index contributed by atoms with van der Waals surface area (Å²) in [7, 11) is 0. The molecule has 0 aromatic heterocycles. The molecule has 0 fully saturated rings. The van der Waals surface area contributed by atoms with Crippen molar-refractivity contribution in [2.24, 2.45) is 0 Å². The Labute approximate surface area is 110 Å². The van der Waals surface area contributed by atoms with Crippen LogP contribution in [0.25, 0.3) is 0 Å². The second-order valence-corrected chi connectivity index (χ2v) is 4.51. The minimum absolute atomic E-state index is 0.147. The summed E-state index contributed by atoms with van der Waals surface area (Å²) in [6.07, 6.45) is 0. The van der Waals surface area contributed by atoms with Gasteiger partial charge in [-0.05, 0) is 30.5 Å². The van der Waals surface area contributed by atoms with Gasteiger partial charge in [0.1, 0.15) is 0 Å². The van der Waals surface area contributed by atoms with E-state index in [0.717, 1.165) is 12.1 Å². The molecule has 0 aliphatic carbocycles. The molecule has 1 aromatic rings. The molecule has 0 unspecified atom stereocenters. The zero-order valence-electron chi connectivity index (χ0n) is 10.9. The summed E-state index contributed by atoms with van der Waals surface area (Å²) >= 11 is 0. The first-order valence-corrected chi connectivity index (χ1v) is 6.04. The largest absolute Gasteiger partial charge is 0.394 e. The van der Waals surface area contributed by atoms with E-state index in [0.29, 0.717) is 5.56 Å². The lowest BCUT2D eigenvalue weighted by Gasteiger charge is -2.16. The summed E-state index contributed by atoms with van der Waals surface area (Å²) in [6, 6.07) is 2.93. The summed E-state index contributed by atoms with van der Waals surface area (Å²) < 4.78 is 25.8. The lowest BCUT2D eigenvalue weighted by atomic mass is 10.0. The fraction of sp³-hybridized carbons (Fsp3) is 0.462. The van der Waals surface area contributed by atoms with Crippen LogP contribution in [0.3, 0.4) is 0 Å². The summed E-state index contributed by atoms with van der Waals surface area (Å²) in [6.45, 7) is 3.60. The van der Waals surface area contributed by atoms with E-state index >= 15 is 0 Å². The summed E-state index contributed by atoms with van der Waals surface area (Å²) in [5, 5.41) is 13.9. The second-order valence-electron chi connectivity index (χ2n) is 4.51. The summed E-state index contributed by atoms with van der Waals surface area (Å²) in [4.78, 5) is 11.4. The predicted molar refractivity (Wildman–Crippen MR) is 67.9 cm³/mol. The molecule has 1 aromatic carbocycles. The molecule has 19 heavy (non-hydrogen) atoms. The minimum Gasteiger partial charge on any atom is -0.394 e. The highest BCUT2D eigenvalue weighted by Crippen LogP contribution is 2.17. The van der Waals surface area contributed by atoms with Gasteiger partial charge in [-0.1, -0.05) is 13.0 Å². The van der Waals surface area contributed by atoms with Crippen LogP contribution in [0.15, 0.2) is 18.2 Å². The SMILES string of the molecule is C[C@H](CO)NC(=O)NC[C@H](C)c1ccc(F)c(F)c1. The Morgan fingerprint density at radius 1 is 1.32 bits per heavy atom. The fourth-order valence-corrected chi connectivity index (χ4v) is 1.50. The average molecular weight is 272 g/mol. The van der Waals surface area contributed by atoms with Crippen molar-refractivity contribution in [3.05, 3.63) is 35.4 Å². The number of hydrogen-bond acceptors (Lipinski definition) is 2. The molecule has 0 saturated carbocycles. The van der Waals surface area contributed by atoms with Gasteiger partial charge in [0.25, 0.3) is 0 Å². The topological polar surface area (TPSA) is 61.4 Å². The fourth-order valence-electron chi connectivity index (χ4n) is 1.50. The molecule has 0 saturated heterocycles. The zero-order chi connectivity index (χ0) is 14.4. The van der Waals surface area contributed by atoms with Crippen molar-refractivity contribution < 1.29 is 18.7 Å². The standard InChI is InChI=1S/C13H18F2N2O2/c1-8(6-16-13(19)17-9(2)7-18)10-3-4-11(14)12(15)5-10/h3-5,8-9,18H,6-7H2,1-2H3,(H2,16,17,19)/t8-,9+/m0/s1. The zero-order valence-corrected chi connectivity index (χ0v) is 10.9. The maximum atomic E-state index is 13.1. The number of amides is 2. The van der Waals surface area contributed by atoms with E-state index in [2.05, 4.69) is 10.6 Å². The number of carbonyl (C=O) groups excluding carboxylic acids is 1. The molecule has 0 bridgehead atoms. The van der Waals surface area contributed by atoms with Crippen LogP contribution >= 0.6 is 0 Å². The van der Waals surface area contributed by atoms with Crippen LogP contribution in [0, 0.1) is 11.6 Å². The molecule has 6 heteroatoms. The predicted octanol–water partition coefficient (Wildman–Crippen LogP) is 1.75. The van der Waals surface area contributed by atoms with Crippen molar-refractivity contribution in [3.8, 4) is 0 Å². The number of urea groups is 1. The van der Waals surface area contributed by atoms with E-state index < -0.39 is 17.7 Å². The van der Waals surface area contributed by atoms with Gasteiger partial charge in [-0.3, -0.25) is 0 Å². The van der Waals surface area contributed by atoms with Gasteiger partial charge >= 0.3 is 6.03 Å². The van der Waals surface area contributed by atoms with Crippen molar-refractivity contribution in [1.29, 1.82) is 0 Å². The molecule has 3 N–H and O–H groups in total. The Bertz CT molecular complexity index is 441. The first-order valence-electron chi connectivity index (χ1n) is 6.04. The molecule has 1 rings (SSSR count). The number of benzene rings is 1. The highest BCUT2D eigenvalue weighted by atomic mass is 19.2. The van der Waals surface area contributed by atoms with E-state index in [1.165, 1.54) is 6.07 Å². The third-order valence-electron chi connectivity index (χ3n) is 2.73. The van der Waals surface area contributed by atoms with E-state index in [4.69, 9.17) is 5.11 Å². The quantitative estimate of drug-likeness (QED) is 0.764. The second kappa shape index (κ2) is 7.04. The third kappa shape index (κ3) is 4.82. The van der Waals surface area contributed by atoms with Crippen molar-refractivity contribution in [2.75, 3.05) is 13.2 Å². The number of aliphatic hydroxyl groups is 1. The van der Waals surface area contributed by atoms with Crippen LogP contribution in [0.2, 0.25) is 0 Å². The van der Waals surface area contributed by atoms with Gasteiger partial charge in [-0.2, -0.15) is 0 Å². The molecule has 0 spiro atoms. The van der Waals surface area contributed by atoms with Crippen LogP contribution < -0.4 is 10.6 Å². The lowest BCUT2D eigenvalue weighted by molar-refractivity contribution is 0.220. The van der Waals surface area contributed by atoms with E-state index in [-0.39, 0.29) is 25.1 Å². The summed E-state index contributed by atoms with van der Waals surface area (Å²) in [5.74, 6) is -1.94. The lowest BCUT2D eigenvalue weighted by Crippen LogP contribution is -2.43. The molecule has 0 radical (unpaired) electrons. The number of hydrogen-bond donors (Lipinski definition) is 3. The van der Waals surface area contributed by atoms with Gasteiger partial charge < -0.3 is 15.7 Å². The van der Waals surface area contributed by atoms with E-state index in [9.17, 15) is 13.6 Å². The Kier molecular flexibility index (Phi) is 5.69. The Hall–Kier alpha value is -1.69. The number of nitrogens with one attached hydrogen (secondary N) is 2. The molecular formula is C13H18F2N2O2. The molecule has 0 aliphatic rings. The highest BCUT2D eigenvalue weighted by Gasteiger charge is 2.11. The van der Waals surface area contributed by atoms with Crippen LogP contribution in [-0.2, 0) is 0 Å². The Morgan fingerprint density at radius 2 is 2.00 bits per heavy atom. The van der Waals surface area contributed by atoms with Gasteiger partial charge in [0, 0.05) is 6.54 Å². The van der Waals surface area contributed by atoms with Crippen molar-refractivity contribution in [3.63, 3.8) is 0 Å². The van der Waals surface area contributed by atoms with Crippen LogP contribution in [0.4, 0.5) is 13.6 Å². The normalized spacial score (nSPS) is 13.7. The molecule has 2 amide bonds. The minimum atomic E-state index is -0.900. The maximum absolute atomic E-state index is 13.1. The van der Waals surface area contributed by atoms with Crippen molar-refractivity contribution in [1.82, 2.24) is 10.6 Å². The molecule has 106 valence electrons. The molecule has 2 atom stereocenters. The third-order valence-corrected chi connectivity index (χ3v) is 2.73. The van der Waals surface area contributed by atoms with Crippen LogP contribution in [0.5, 0.6) is 0 Å². The highest BCUT2D eigenvalue weighted by molar-refractivity contribution is 5.74. The molecule has 0 heterocycles. The number of carbonyl (C=O) groups is 1.